The van der Waals surface area contributed by atoms with E-state index in [2.05, 4.69) is 5.32 Å². The number of methoxy groups -OCH3 is 2. The first kappa shape index (κ1) is 18.7. The summed E-state index contributed by atoms with van der Waals surface area (Å²) in [7, 11) is 3.14. The summed E-state index contributed by atoms with van der Waals surface area (Å²) in [6, 6.07) is 12.6. The van der Waals surface area contributed by atoms with Gasteiger partial charge in [-0.15, -0.1) is 0 Å². The average molecular weight is 384 g/mol. The predicted molar refractivity (Wildman–Crippen MR) is 108 cm³/mol. The van der Waals surface area contributed by atoms with Crippen LogP contribution in [-0.2, 0) is 4.79 Å². The van der Waals surface area contributed by atoms with Gasteiger partial charge >= 0.3 is 0 Å². The van der Waals surface area contributed by atoms with Gasteiger partial charge in [-0.25, -0.2) is 0 Å². The third-order valence-electron chi connectivity index (χ3n) is 4.00. The lowest BCUT2D eigenvalue weighted by Gasteiger charge is -2.14. The minimum absolute atomic E-state index is 0.223. The quantitative estimate of drug-likeness (QED) is 0.609. The van der Waals surface area contributed by atoms with Gasteiger partial charge in [0.15, 0.2) is 16.6 Å². The normalized spacial score (nSPS) is 15.1. The summed E-state index contributed by atoms with van der Waals surface area (Å²) < 4.78 is 16.0. The summed E-state index contributed by atoms with van der Waals surface area (Å²) in [4.78, 5) is 14.3. The zero-order chi connectivity index (χ0) is 19.4. The molecule has 1 amide bonds. The molecule has 1 N–H and O–H groups in total. The highest BCUT2D eigenvalue weighted by Crippen LogP contribution is 2.29. The van der Waals surface area contributed by atoms with E-state index in [1.54, 1.807) is 44.6 Å². The van der Waals surface area contributed by atoms with E-state index >= 15 is 0 Å². The van der Waals surface area contributed by atoms with Crippen LogP contribution in [0.3, 0.4) is 0 Å². The third kappa shape index (κ3) is 3.88. The number of carbonyl (C=O) groups excluding carboxylic acids is 1. The first-order valence-electron chi connectivity index (χ1n) is 8.39. The second-order valence-electron chi connectivity index (χ2n) is 5.67. The number of hydrogen-bond acceptors (Lipinski definition) is 5. The number of hydrogen-bond donors (Lipinski definition) is 1. The molecule has 0 unspecified atom stereocenters. The highest BCUT2D eigenvalue weighted by Gasteiger charge is 2.32. The molecule has 2 aromatic carbocycles. The summed E-state index contributed by atoms with van der Waals surface area (Å²) >= 11 is 5.34. The fourth-order valence-electron chi connectivity index (χ4n) is 2.74. The SMILES string of the molecule is CCOc1ccc(N2C(=O)/C(=C/c3ccc(OC)c(OC)c3)NC2=S)cc1. The predicted octanol–water partition coefficient (Wildman–Crippen LogP) is 3.36. The lowest BCUT2D eigenvalue weighted by molar-refractivity contribution is -0.113. The number of nitrogens with zero attached hydrogens (tertiary/aromatic N) is 1. The summed E-state index contributed by atoms with van der Waals surface area (Å²) in [6.45, 7) is 2.50. The van der Waals surface area contributed by atoms with Crippen molar-refractivity contribution in [3.8, 4) is 17.2 Å². The highest BCUT2D eigenvalue weighted by molar-refractivity contribution is 7.80. The van der Waals surface area contributed by atoms with Crippen LogP contribution in [0.5, 0.6) is 17.2 Å². The van der Waals surface area contributed by atoms with Gasteiger partial charge in [-0.05, 0) is 67.2 Å². The van der Waals surface area contributed by atoms with E-state index in [0.29, 0.717) is 34.6 Å². The van der Waals surface area contributed by atoms with E-state index in [1.807, 2.05) is 25.1 Å². The van der Waals surface area contributed by atoms with Crippen LogP contribution in [0.25, 0.3) is 6.08 Å². The molecule has 7 heteroatoms. The number of carbonyl (C=O) groups is 1. The Balaban J connectivity index is 1.86. The molecule has 3 rings (SSSR count). The molecule has 1 heterocycles. The number of thiocarbonyl (C=S) groups is 1. The molecule has 1 aliphatic rings. The van der Waals surface area contributed by atoms with Crippen molar-refractivity contribution in [1.82, 2.24) is 5.32 Å². The standard InChI is InChI=1S/C20H20N2O4S/c1-4-26-15-8-6-14(7-9-15)22-19(23)16(21-20(22)27)11-13-5-10-17(24-2)18(12-13)25-3/h5-12H,4H2,1-3H3,(H,21,27)/b16-11-. The number of benzene rings is 2. The minimum Gasteiger partial charge on any atom is -0.494 e. The van der Waals surface area contributed by atoms with Crippen LogP contribution >= 0.6 is 12.2 Å². The van der Waals surface area contributed by atoms with Gasteiger partial charge in [-0.3, -0.25) is 9.69 Å². The summed E-state index contributed by atoms with van der Waals surface area (Å²) in [6.07, 6.45) is 1.73. The molecule has 0 aromatic heterocycles. The maximum Gasteiger partial charge on any atom is 0.281 e. The first-order valence-corrected chi connectivity index (χ1v) is 8.80. The smallest absolute Gasteiger partial charge is 0.281 e. The van der Waals surface area contributed by atoms with Gasteiger partial charge in [0.05, 0.1) is 26.5 Å². The fourth-order valence-corrected chi connectivity index (χ4v) is 3.04. The van der Waals surface area contributed by atoms with Crippen molar-refractivity contribution in [2.45, 2.75) is 6.92 Å². The van der Waals surface area contributed by atoms with E-state index < -0.39 is 0 Å². The fraction of sp³-hybridized carbons (Fsp3) is 0.200. The summed E-state index contributed by atoms with van der Waals surface area (Å²) in [5, 5.41) is 3.30. The zero-order valence-electron chi connectivity index (χ0n) is 15.3. The molecule has 140 valence electrons. The zero-order valence-corrected chi connectivity index (χ0v) is 16.1. The Bertz CT molecular complexity index is 893. The molecule has 0 spiro atoms. The van der Waals surface area contributed by atoms with Crippen molar-refractivity contribution in [1.29, 1.82) is 0 Å². The van der Waals surface area contributed by atoms with Crippen LogP contribution in [0.4, 0.5) is 5.69 Å². The average Bonchev–Trinajstić information content (AvgIpc) is 2.96. The van der Waals surface area contributed by atoms with Crippen molar-refractivity contribution < 1.29 is 19.0 Å². The number of ether oxygens (including phenoxy) is 3. The second kappa shape index (κ2) is 8.09. The van der Waals surface area contributed by atoms with Crippen molar-refractivity contribution in [2.75, 3.05) is 25.7 Å². The van der Waals surface area contributed by atoms with Crippen LogP contribution < -0.4 is 24.4 Å². The Morgan fingerprint density at radius 2 is 1.78 bits per heavy atom. The molecule has 6 nitrogen and oxygen atoms in total. The number of anilines is 1. The van der Waals surface area contributed by atoms with Crippen molar-refractivity contribution in [2.24, 2.45) is 0 Å². The Labute approximate surface area is 163 Å². The van der Waals surface area contributed by atoms with Crippen LogP contribution in [-0.4, -0.2) is 31.8 Å². The van der Waals surface area contributed by atoms with Gasteiger partial charge < -0.3 is 19.5 Å². The Hall–Kier alpha value is -3.06. The molecule has 1 fully saturated rings. The van der Waals surface area contributed by atoms with E-state index in [9.17, 15) is 4.79 Å². The summed E-state index contributed by atoms with van der Waals surface area (Å²) in [5.74, 6) is 1.73. The number of nitrogens with one attached hydrogen (secondary N) is 1. The molecule has 0 radical (unpaired) electrons. The lowest BCUT2D eigenvalue weighted by Crippen LogP contribution is -2.30. The van der Waals surface area contributed by atoms with Gasteiger partial charge in [-0.2, -0.15) is 0 Å². The van der Waals surface area contributed by atoms with Crippen molar-refractivity contribution in [3.05, 3.63) is 53.7 Å². The van der Waals surface area contributed by atoms with Gasteiger partial charge in [0.1, 0.15) is 11.4 Å². The number of amides is 1. The lowest BCUT2D eigenvalue weighted by atomic mass is 10.1. The van der Waals surface area contributed by atoms with Crippen LogP contribution in [0.1, 0.15) is 12.5 Å². The van der Waals surface area contributed by atoms with Crippen molar-refractivity contribution in [3.63, 3.8) is 0 Å². The second-order valence-corrected chi connectivity index (χ2v) is 6.06. The molecule has 2 aromatic rings. The molecule has 0 bridgehead atoms. The van der Waals surface area contributed by atoms with Crippen molar-refractivity contribution >= 4 is 35.0 Å². The van der Waals surface area contributed by atoms with E-state index in [0.717, 1.165) is 11.3 Å². The maximum atomic E-state index is 12.8. The molecule has 27 heavy (non-hydrogen) atoms. The molecule has 1 aliphatic heterocycles. The van der Waals surface area contributed by atoms with Crippen LogP contribution in [0.2, 0.25) is 0 Å². The molecule has 0 saturated carbocycles. The van der Waals surface area contributed by atoms with Gasteiger partial charge in [-0.1, -0.05) is 6.07 Å². The van der Waals surface area contributed by atoms with Crippen LogP contribution in [0.15, 0.2) is 48.2 Å². The minimum atomic E-state index is -0.223. The highest BCUT2D eigenvalue weighted by atomic mass is 32.1. The molecule has 0 atom stereocenters. The first-order chi connectivity index (χ1) is 13.1. The summed E-state index contributed by atoms with van der Waals surface area (Å²) in [5.41, 5.74) is 1.86. The van der Waals surface area contributed by atoms with Gasteiger partial charge in [0.25, 0.3) is 5.91 Å². The monoisotopic (exact) mass is 384 g/mol. The van der Waals surface area contributed by atoms with Gasteiger partial charge in [0.2, 0.25) is 0 Å². The van der Waals surface area contributed by atoms with Gasteiger partial charge in [0, 0.05) is 0 Å². The molecular formula is C20H20N2O4S. The number of rotatable bonds is 6. The van der Waals surface area contributed by atoms with E-state index in [1.165, 1.54) is 4.90 Å². The largest absolute Gasteiger partial charge is 0.494 e. The molecular weight excluding hydrogens is 364 g/mol. The Kier molecular flexibility index (Phi) is 5.61. The van der Waals surface area contributed by atoms with E-state index in [-0.39, 0.29) is 5.91 Å². The Morgan fingerprint density at radius 3 is 2.41 bits per heavy atom. The third-order valence-corrected chi connectivity index (χ3v) is 4.29. The topological polar surface area (TPSA) is 60.0 Å². The van der Waals surface area contributed by atoms with E-state index in [4.69, 9.17) is 26.4 Å². The molecule has 0 aliphatic carbocycles. The van der Waals surface area contributed by atoms with Crippen LogP contribution in [0, 0.1) is 0 Å². The maximum absolute atomic E-state index is 12.8. The molecule has 1 saturated heterocycles. The Morgan fingerprint density at radius 1 is 1.07 bits per heavy atom.